The summed E-state index contributed by atoms with van der Waals surface area (Å²) in [6, 6.07) is 1.29. The number of nitrogens with two attached hydrogens (primary N) is 1. The normalized spacial score (nSPS) is 31.2. The van der Waals surface area contributed by atoms with E-state index in [-0.39, 0.29) is 0 Å². The van der Waals surface area contributed by atoms with Crippen LogP contribution in [0.2, 0.25) is 0 Å². The van der Waals surface area contributed by atoms with E-state index >= 15 is 0 Å². The van der Waals surface area contributed by atoms with E-state index in [1.165, 1.54) is 57.8 Å². The van der Waals surface area contributed by atoms with Crippen LogP contribution < -0.4 is 11.1 Å². The van der Waals surface area contributed by atoms with Gasteiger partial charge in [0, 0.05) is 18.6 Å². The third-order valence-electron chi connectivity index (χ3n) is 5.14. The topological polar surface area (TPSA) is 38.0 Å². The third-order valence-corrected chi connectivity index (χ3v) is 5.14. The lowest BCUT2D eigenvalue weighted by Gasteiger charge is -2.29. The zero-order valence-electron chi connectivity index (χ0n) is 12.4. The summed E-state index contributed by atoms with van der Waals surface area (Å²) in [5.74, 6) is 0.834. The average Bonchev–Trinajstić information content (AvgIpc) is 2.57. The molecule has 2 rings (SSSR count). The number of hydrogen-bond acceptors (Lipinski definition) is 2. The number of rotatable bonds is 4. The average molecular weight is 252 g/mol. The van der Waals surface area contributed by atoms with Gasteiger partial charge in [0.15, 0.2) is 0 Å². The molecule has 2 fully saturated rings. The molecule has 0 saturated heterocycles. The fourth-order valence-corrected chi connectivity index (χ4v) is 3.99. The van der Waals surface area contributed by atoms with Gasteiger partial charge in [0.2, 0.25) is 0 Å². The summed E-state index contributed by atoms with van der Waals surface area (Å²) in [6.07, 6.45) is 12.5. The van der Waals surface area contributed by atoms with Crippen LogP contribution in [0.25, 0.3) is 0 Å². The van der Waals surface area contributed by atoms with Crippen LogP contribution in [0.1, 0.15) is 71.6 Å². The summed E-state index contributed by atoms with van der Waals surface area (Å²) in [5, 5.41) is 3.89. The zero-order valence-corrected chi connectivity index (χ0v) is 12.4. The second kappa shape index (κ2) is 6.38. The number of hydrogen-bond donors (Lipinski definition) is 2. The molecule has 0 heterocycles. The van der Waals surface area contributed by atoms with Gasteiger partial charge in [-0.25, -0.2) is 0 Å². The van der Waals surface area contributed by atoms with Gasteiger partial charge in [0.25, 0.3) is 0 Å². The molecule has 106 valence electrons. The van der Waals surface area contributed by atoms with Crippen molar-refractivity contribution in [1.29, 1.82) is 0 Å². The van der Waals surface area contributed by atoms with Crippen LogP contribution >= 0.6 is 0 Å². The summed E-state index contributed by atoms with van der Waals surface area (Å²) in [7, 11) is 0. The standard InChI is InChI=1S/C16H32N2/c1-16(2)10-9-14(11-16)18-15(12-17)13-7-5-3-4-6-8-13/h13-15,18H,3-12,17H2,1-2H3. The molecular weight excluding hydrogens is 220 g/mol. The second-order valence-electron chi connectivity index (χ2n) is 7.36. The smallest absolute Gasteiger partial charge is 0.0221 e. The van der Waals surface area contributed by atoms with Crippen LogP contribution in [0, 0.1) is 11.3 Å². The van der Waals surface area contributed by atoms with E-state index in [1.54, 1.807) is 0 Å². The fourth-order valence-electron chi connectivity index (χ4n) is 3.99. The zero-order chi connectivity index (χ0) is 13.0. The van der Waals surface area contributed by atoms with Gasteiger partial charge in [-0.15, -0.1) is 0 Å². The fraction of sp³-hybridized carbons (Fsp3) is 1.00. The highest BCUT2D eigenvalue weighted by Gasteiger charge is 2.33. The minimum atomic E-state index is 0.542. The lowest BCUT2D eigenvalue weighted by molar-refractivity contribution is 0.285. The van der Waals surface area contributed by atoms with Gasteiger partial charge < -0.3 is 11.1 Å². The van der Waals surface area contributed by atoms with E-state index in [1.807, 2.05) is 0 Å². The summed E-state index contributed by atoms with van der Waals surface area (Å²) in [4.78, 5) is 0. The molecule has 0 spiro atoms. The Hall–Kier alpha value is -0.0800. The number of nitrogens with one attached hydrogen (secondary N) is 1. The third kappa shape index (κ3) is 3.96. The molecule has 2 nitrogen and oxygen atoms in total. The molecule has 0 amide bonds. The van der Waals surface area contributed by atoms with Gasteiger partial charge in [0.05, 0.1) is 0 Å². The monoisotopic (exact) mass is 252 g/mol. The molecule has 2 heteroatoms. The molecule has 0 radical (unpaired) electrons. The van der Waals surface area contributed by atoms with Crippen molar-refractivity contribution in [1.82, 2.24) is 5.32 Å². The predicted octanol–water partition coefficient (Wildman–Crippen LogP) is 3.45. The van der Waals surface area contributed by atoms with Crippen molar-refractivity contribution in [3.05, 3.63) is 0 Å². The summed E-state index contributed by atoms with van der Waals surface area (Å²) in [6.45, 7) is 5.62. The lowest BCUT2D eigenvalue weighted by atomic mass is 9.90. The minimum Gasteiger partial charge on any atom is -0.329 e. The maximum atomic E-state index is 6.04. The largest absolute Gasteiger partial charge is 0.329 e. The Balaban J connectivity index is 1.84. The van der Waals surface area contributed by atoms with Crippen LogP contribution in [-0.2, 0) is 0 Å². The van der Waals surface area contributed by atoms with E-state index in [0.29, 0.717) is 11.5 Å². The second-order valence-corrected chi connectivity index (χ2v) is 7.36. The Morgan fingerprint density at radius 1 is 1.11 bits per heavy atom. The maximum absolute atomic E-state index is 6.04. The van der Waals surface area contributed by atoms with Gasteiger partial charge in [-0.3, -0.25) is 0 Å². The molecule has 2 aliphatic rings. The first-order valence-corrected chi connectivity index (χ1v) is 8.07. The van der Waals surface area contributed by atoms with Crippen molar-refractivity contribution in [2.24, 2.45) is 17.1 Å². The molecule has 0 aromatic rings. The van der Waals surface area contributed by atoms with Crippen LogP contribution in [0.3, 0.4) is 0 Å². The molecule has 0 aromatic carbocycles. The molecule has 2 saturated carbocycles. The van der Waals surface area contributed by atoms with Crippen LogP contribution in [0.5, 0.6) is 0 Å². The van der Waals surface area contributed by atoms with Gasteiger partial charge >= 0.3 is 0 Å². The first-order valence-electron chi connectivity index (χ1n) is 8.07. The summed E-state index contributed by atoms with van der Waals surface area (Å²) < 4.78 is 0. The van der Waals surface area contributed by atoms with Crippen molar-refractivity contribution in [3.63, 3.8) is 0 Å². The van der Waals surface area contributed by atoms with Gasteiger partial charge in [-0.05, 0) is 43.4 Å². The van der Waals surface area contributed by atoms with Crippen LogP contribution in [0.15, 0.2) is 0 Å². The van der Waals surface area contributed by atoms with E-state index in [4.69, 9.17) is 5.73 Å². The molecule has 0 aliphatic heterocycles. The lowest BCUT2D eigenvalue weighted by Crippen LogP contribution is -2.46. The van der Waals surface area contributed by atoms with E-state index in [9.17, 15) is 0 Å². The molecular formula is C16H32N2. The highest BCUT2D eigenvalue weighted by Crippen LogP contribution is 2.37. The van der Waals surface area contributed by atoms with Crippen LogP contribution in [0.4, 0.5) is 0 Å². The van der Waals surface area contributed by atoms with Crippen molar-refractivity contribution >= 4 is 0 Å². The molecule has 2 atom stereocenters. The van der Waals surface area contributed by atoms with Gasteiger partial charge in [-0.1, -0.05) is 39.5 Å². The van der Waals surface area contributed by atoms with E-state index in [2.05, 4.69) is 19.2 Å². The highest BCUT2D eigenvalue weighted by molar-refractivity contribution is 4.90. The maximum Gasteiger partial charge on any atom is 0.0221 e. The molecule has 2 aliphatic carbocycles. The summed E-state index contributed by atoms with van der Waals surface area (Å²) >= 11 is 0. The quantitative estimate of drug-likeness (QED) is 0.752. The molecule has 18 heavy (non-hydrogen) atoms. The van der Waals surface area contributed by atoms with Crippen molar-refractivity contribution in [2.45, 2.75) is 83.7 Å². The molecule has 2 unspecified atom stereocenters. The molecule has 0 aromatic heterocycles. The summed E-state index contributed by atoms with van der Waals surface area (Å²) in [5.41, 5.74) is 6.58. The van der Waals surface area contributed by atoms with Crippen molar-refractivity contribution in [3.8, 4) is 0 Å². The van der Waals surface area contributed by atoms with Crippen molar-refractivity contribution in [2.75, 3.05) is 6.54 Å². The Labute approximate surface area is 113 Å². The van der Waals surface area contributed by atoms with Crippen molar-refractivity contribution < 1.29 is 0 Å². The predicted molar refractivity (Wildman–Crippen MR) is 78.6 cm³/mol. The molecule has 3 N–H and O–H groups in total. The Morgan fingerprint density at radius 2 is 1.78 bits per heavy atom. The Bertz CT molecular complexity index is 241. The SMILES string of the molecule is CC1(C)CCC(NC(CN)C2CCCCCC2)C1. The minimum absolute atomic E-state index is 0.542. The van der Waals surface area contributed by atoms with Gasteiger partial charge in [-0.2, -0.15) is 0 Å². The first kappa shape index (κ1) is 14.3. The van der Waals surface area contributed by atoms with E-state index in [0.717, 1.165) is 18.5 Å². The molecule has 0 bridgehead atoms. The Morgan fingerprint density at radius 3 is 2.28 bits per heavy atom. The van der Waals surface area contributed by atoms with E-state index < -0.39 is 0 Å². The van der Waals surface area contributed by atoms with Crippen LogP contribution in [-0.4, -0.2) is 18.6 Å². The van der Waals surface area contributed by atoms with Gasteiger partial charge in [0.1, 0.15) is 0 Å². The first-order chi connectivity index (χ1) is 8.61. The highest BCUT2D eigenvalue weighted by atomic mass is 15.0. The Kier molecular flexibility index (Phi) is 5.08.